The summed E-state index contributed by atoms with van der Waals surface area (Å²) in [5.41, 5.74) is 1.01. The molecule has 0 aliphatic heterocycles. The fourth-order valence-electron chi connectivity index (χ4n) is 1.34. The Bertz CT molecular complexity index is 366. The maximum atomic E-state index is 5.91. The van der Waals surface area contributed by atoms with Crippen molar-refractivity contribution in [1.82, 2.24) is 0 Å². The molecule has 0 atom stereocenters. The number of benzene rings is 1. The molecule has 1 aromatic carbocycles. The van der Waals surface area contributed by atoms with Crippen LogP contribution in [0.3, 0.4) is 0 Å². The fourth-order valence-corrected chi connectivity index (χ4v) is 1.83. The summed E-state index contributed by atoms with van der Waals surface area (Å²) in [7, 11) is 1.65. The molecule has 0 amide bonds. The number of hydrogen-bond acceptors (Lipinski definition) is 4. The van der Waals surface area contributed by atoms with Crippen LogP contribution in [0.25, 0.3) is 0 Å². The van der Waals surface area contributed by atoms with Gasteiger partial charge in [-0.15, -0.1) is 0 Å². The lowest BCUT2D eigenvalue weighted by molar-refractivity contribution is 0.0272. The van der Waals surface area contributed by atoms with Crippen LogP contribution in [0.1, 0.15) is 0 Å². The first-order valence-electron chi connectivity index (χ1n) is 6.07. The smallest absolute Gasteiger partial charge is 0.0701 e. The molecule has 0 saturated heterocycles. The zero-order valence-electron chi connectivity index (χ0n) is 11.0. The summed E-state index contributed by atoms with van der Waals surface area (Å²) < 4.78 is 16.4. The van der Waals surface area contributed by atoms with E-state index in [4.69, 9.17) is 25.8 Å². The first-order chi connectivity index (χ1) is 9.24. The lowest BCUT2D eigenvalue weighted by atomic mass is 10.3. The molecule has 0 saturated carbocycles. The number of hydrogen-bond donors (Lipinski definition) is 1. The number of ether oxygens (including phenoxy) is 3. The largest absolute Gasteiger partial charge is 0.383 e. The van der Waals surface area contributed by atoms with Gasteiger partial charge in [-0.25, -0.2) is 0 Å². The van der Waals surface area contributed by atoms with Gasteiger partial charge in [0.15, 0.2) is 0 Å². The third kappa shape index (κ3) is 7.74. The van der Waals surface area contributed by atoms with Gasteiger partial charge in [0, 0.05) is 23.8 Å². The highest BCUT2D eigenvalue weighted by atomic mass is 79.9. The maximum Gasteiger partial charge on any atom is 0.0701 e. The Kier molecular flexibility index (Phi) is 9.20. The molecule has 0 aromatic heterocycles. The second-order valence-electron chi connectivity index (χ2n) is 3.77. The predicted octanol–water partition coefficient (Wildman–Crippen LogP) is 3.19. The summed E-state index contributed by atoms with van der Waals surface area (Å²) in [5.74, 6) is 0. The number of halogens is 2. The molecule has 4 nitrogen and oxygen atoms in total. The van der Waals surface area contributed by atoms with E-state index >= 15 is 0 Å². The van der Waals surface area contributed by atoms with E-state index in [2.05, 4.69) is 21.2 Å². The van der Waals surface area contributed by atoms with Crippen LogP contribution >= 0.6 is 27.5 Å². The molecule has 0 fully saturated rings. The van der Waals surface area contributed by atoms with Crippen LogP contribution in [-0.4, -0.2) is 46.7 Å². The second-order valence-corrected chi connectivity index (χ2v) is 5.03. The number of nitrogens with one attached hydrogen (secondary N) is 1. The lowest BCUT2D eigenvalue weighted by Crippen LogP contribution is -2.13. The van der Waals surface area contributed by atoms with Crippen molar-refractivity contribution in [2.45, 2.75) is 0 Å². The molecule has 1 rings (SSSR count). The standard InChI is InChI=1S/C13H19BrClNO3/c1-17-6-7-19-9-8-18-5-4-16-11-2-3-13(15)12(14)10-11/h2-3,10,16H,4-9H2,1H3. The Morgan fingerprint density at radius 2 is 1.79 bits per heavy atom. The zero-order chi connectivity index (χ0) is 13.9. The molecule has 1 aromatic rings. The Balaban J connectivity index is 2.00. The second kappa shape index (κ2) is 10.5. The summed E-state index contributed by atoms with van der Waals surface area (Å²) in [6.45, 7) is 3.79. The molecule has 6 heteroatoms. The fraction of sp³-hybridized carbons (Fsp3) is 0.538. The first kappa shape index (κ1) is 16.7. The van der Waals surface area contributed by atoms with E-state index in [0.717, 1.165) is 16.7 Å². The van der Waals surface area contributed by atoms with Gasteiger partial charge < -0.3 is 19.5 Å². The maximum absolute atomic E-state index is 5.91. The van der Waals surface area contributed by atoms with Crippen LogP contribution in [0.5, 0.6) is 0 Å². The molecule has 0 heterocycles. The van der Waals surface area contributed by atoms with Crippen molar-refractivity contribution in [3.8, 4) is 0 Å². The van der Waals surface area contributed by atoms with Gasteiger partial charge in [0.05, 0.1) is 38.1 Å². The average Bonchev–Trinajstić information content (AvgIpc) is 2.41. The Morgan fingerprint density at radius 3 is 2.47 bits per heavy atom. The van der Waals surface area contributed by atoms with Gasteiger partial charge in [-0.3, -0.25) is 0 Å². The van der Waals surface area contributed by atoms with E-state index in [9.17, 15) is 0 Å². The molecular weight excluding hydrogens is 334 g/mol. The topological polar surface area (TPSA) is 39.7 Å². The summed E-state index contributed by atoms with van der Waals surface area (Å²) in [5, 5.41) is 3.95. The van der Waals surface area contributed by atoms with Crippen molar-refractivity contribution in [1.29, 1.82) is 0 Å². The third-order valence-corrected chi connectivity index (χ3v) is 3.51. The molecule has 0 radical (unpaired) electrons. The minimum absolute atomic E-state index is 0.593. The van der Waals surface area contributed by atoms with Gasteiger partial charge in [-0.1, -0.05) is 11.6 Å². The van der Waals surface area contributed by atoms with Gasteiger partial charge in [0.25, 0.3) is 0 Å². The monoisotopic (exact) mass is 351 g/mol. The van der Waals surface area contributed by atoms with Crippen molar-refractivity contribution >= 4 is 33.2 Å². The van der Waals surface area contributed by atoms with E-state index in [0.29, 0.717) is 38.1 Å². The molecule has 108 valence electrons. The van der Waals surface area contributed by atoms with Gasteiger partial charge in [-0.2, -0.15) is 0 Å². The molecule has 0 bridgehead atoms. The van der Waals surface area contributed by atoms with E-state index in [1.54, 1.807) is 7.11 Å². The normalized spacial score (nSPS) is 10.7. The van der Waals surface area contributed by atoms with Crippen molar-refractivity contribution in [2.75, 3.05) is 52.0 Å². The van der Waals surface area contributed by atoms with Crippen LogP contribution in [0.15, 0.2) is 22.7 Å². The highest BCUT2D eigenvalue weighted by molar-refractivity contribution is 9.10. The van der Waals surface area contributed by atoms with Crippen LogP contribution in [0, 0.1) is 0 Å². The van der Waals surface area contributed by atoms with Crippen LogP contribution < -0.4 is 5.32 Å². The van der Waals surface area contributed by atoms with Gasteiger partial charge >= 0.3 is 0 Å². The Hall–Kier alpha value is -0.330. The van der Waals surface area contributed by atoms with E-state index < -0.39 is 0 Å². The predicted molar refractivity (Wildman–Crippen MR) is 81.2 cm³/mol. The number of anilines is 1. The van der Waals surface area contributed by atoms with E-state index in [1.807, 2.05) is 18.2 Å². The highest BCUT2D eigenvalue weighted by Gasteiger charge is 1.98. The summed E-state index contributed by atoms with van der Waals surface area (Å²) in [6, 6.07) is 5.72. The third-order valence-electron chi connectivity index (χ3n) is 2.30. The van der Waals surface area contributed by atoms with Gasteiger partial charge in [-0.05, 0) is 34.1 Å². The van der Waals surface area contributed by atoms with Crippen molar-refractivity contribution in [2.24, 2.45) is 0 Å². The number of methoxy groups -OCH3 is 1. The van der Waals surface area contributed by atoms with E-state index in [1.165, 1.54) is 0 Å². The molecule has 0 spiro atoms. The SMILES string of the molecule is COCCOCCOCCNc1ccc(Cl)c(Br)c1. The Labute approximate surface area is 127 Å². The first-order valence-corrected chi connectivity index (χ1v) is 7.24. The minimum Gasteiger partial charge on any atom is -0.383 e. The molecule has 0 aliphatic rings. The molecule has 0 aliphatic carbocycles. The summed E-state index contributed by atoms with van der Waals surface area (Å²) in [6.07, 6.45) is 0. The lowest BCUT2D eigenvalue weighted by Gasteiger charge is -2.08. The van der Waals surface area contributed by atoms with Crippen molar-refractivity contribution in [3.05, 3.63) is 27.7 Å². The Morgan fingerprint density at radius 1 is 1.11 bits per heavy atom. The molecule has 0 unspecified atom stereocenters. The minimum atomic E-state index is 0.593. The number of rotatable bonds is 10. The molecular formula is C13H19BrClNO3. The van der Waals surface area contributed by atoms with Crippen LogP contribution in [-0.2, 0) is 14.2 Å². The summed E-state index contributed by atoms with van der Waals surface area (Å²) in [4.78, 5) is 0. The van der Waals surface area contributed by atoms with Crippen molar-refractivity contribution < 1.29 is 14.2 Å². The van der Waals surface area contributed by atoms with Gasteiger partial charge in [0.2, 0.25) is 0 Å². The van der Waals surface area contributed by atoms with Crippen LogP contribution in [0.2, 0.25) is 5.02 Å². The molecule has 1 N–H and O–H groups in total. The van der Waals surface area contributed by atoms with Crippen molar-refractivity contribution in [3.63, 3.8) is 0 Å². The van der Waals surface area contributed by atoms with E-state index in [-0.39, 0.29) is 0 Å². The molecule has 19 heavy (non-hydrogen) atoms. The average molecular weight is 353 g/mol. The quantitative estimate of drug-likeness (QED) is 0.657. The summed E-state index contributed by atoms with van der Waals surface area (Å²) >= 11 is 9.29. The van der Waals surface area contributed by atoms with Crippen LogP contribution in [0.4, 0.5) is 5.69 Å². The highest BCUT2D eigenvalue weighted by Crippen LogP contribution is 2.25. The van der Waals surface area contributed by atoms with Gasteiger partial charge in [0.1, 0.15) is 0 Å². The zero-order valence-corrected chi connectivity index (χ0v) is 13.3.